The molecule has 0 bridgehead atoms. The molecular formula is C15H18O5. The quantitative estimate of drug-likeness (QED) is 0.468. The molecule has 1 fully saturated rings. The zero-order valence-electron chi connectivity index (χ0n) is 11.5. The van der Waals surface area contributed by atoms with Crippen molar-refractivity contribution in [3.63, 3.8) is 0 Å². The summed E-state index contributed by atoms with van der Waals surface area (Å²) in [6.45, 7) is 3.16. The highest BCUT2D eigenvalue weighted by Crippen LogP contribution is 2.19. The number of Topliss-reactive ketones (excluding diaryl/α,β-unsaturated/α-hetero) is 1. The summed E-state index contributed by atoms with van der Waals surface area (Å²) in [4.78, 5) is 23.2. The molecule has 5 heteroatoms. The molecule has 1 aromatic rings. The van der Waals surface area contributed by atoms with Crippen molar-refractivity contribution in [1.29, 1.82) is 0 Å². The largest absolute Gasteiger partial charge is 0.488 e. The van der Waals surface area contributed by atoms with E-state index >= 15 is 0 Å². The summed E-state index contributed by atoms with van der Waals surface area (Å²) in [6, 6.07) is 6.58. The van der Waals surface area contributed by atoms with Gasteiger partial charge in [0, 0.05) is 12.2 Å². The van der Waals surface area contributed by atoms with Crippen molar-refractivity contribution in [1.82, 2.24) is 0 Å². The van der Waals surface area contributed by atoms with Crippen LogP contribution in [-0.4, -0.2) is 37.7 Å². The van der Waals surface area contributed by atoms with Gasteiger partial charge >= 0.3 is 5.97 Å². The number of carbonyl (C=O) groups is 2. The van der Waals surface area contributed by atoms with Crippen LogP contribution in [0.5, 0.6) is 5.75 Å². The van der Waals surface area contributed by atoms with Crippen molar-refractivity contribution < 1.29 is 23.8 Å². The predicted octanol–water partition coefficient (Wildman–Crippen LogP) is 1.99. The van der Waals surface area contributed by atoms with Crippen LogP contribution in [-0.2, 0) is 14.3 Å². The van der Waals surface area contributed by atoms with Crippen LogP contribution in [0.25, 0.3) is 0 Å². The molecular weight excluding hydrogens is 260 g/mol. The highest BCUT2D eigenvalue weighted by molar-refractivity contribution is 6.40. The molecule has 1 aromatic carbocycles. The van der Waals surface area contributed by atoms with Gasteiger partial charge in [0.2, 0.25) is 0 Å². The van der Waals surface area contributed by atoms with Gasteiger partial charge in [-0.15, -0.1) is 0 Å². The van der Waals surface area contributed by atoms with Crippen molar-refractivity contribution in [3.8, 4) is 5.75 Å². The average molecular weight is 278 g/mol. The third-order valence-corrected chi connectivity index (χ3v) is 2.98. The van der Waals surface area contributed by atoms with E-state index in [4.69, 9.17) is 14.2 Å². The summed E-state index contributed by atoms with van der Waals surface area (Å²) in [5.74, 6) is -0.932. The number of ether oxygens (including phenoxy) is 3. The van der Waals surface area contributed by atoms with Gasteiger partial charge in [0.1, 0.15) is 11.9 Å². The fourth-order valence-corrected chi connectivity index (χ4v) is 2.02. The molecule has 0 amide bonds. The number of benzene rings is 1. The number of rotatable bonds is 5. The van der Waals surface area contributed by atoms with Gasteiger partial charge in [-0.3, -0.25) is 4.79 Å². The average Bonchev–Trinajstić information content (AvgIpc) is 2.48. The van der Waals surface area contributed by atoms with Gasteiger partial charge in [-0.05, 0) is 31.9 Å². The van der Waals surface area contributed by atoms with Crippen molar-refractivity contribution in [2.45, 2.75) is 25.9 Å². The predicted molar refractivity (Wildman–Crippen MR) is 71.9 cm³/mol. The van der Waals surface area contributed by atoms with Crippen molar-refractivity contribution in [3.05, 3.63) is 29.8 Å². The van der Waals surface area contributed by atoms with E-state index in [2.05, 4.69) is 0 Å². The monoisotopic (exact) mass is 278 g/mol. The second-order valence-electron chi connectivity index (χ2n) is 4.53. The summed E-state index contributed by atoms with van der Waals surface area (Å²) in [7, 11) is 0. The van der Waals surface area contributed by atoms with Crippen molar-refractivity contribution >= 4 is 11.8 Å². The van der Waals surface area contributed by atoms with E-state index in [1.165, 1.54) is 0 Å². The van der Waals surface area contributed by atoms with E-state index in [-0.39, 0.29) is 18.3 Å². The lowest BCUT2D eigenvalue weighted by Crippen LogP contribution is -2.28. The van der Waals surface area contributed by atoms with Gasteiger partial charge in [0.05, 0.1) is 13.2 Å². The molecule has 1 heterocycles. The Kier molecular flexibility index (Phi) is 5.12. The molecule has 108 valence electrons. The molecule has 0 aromatic heterocycles. The maximum atomic E-state index is 11.8. The Hall–Kier alpha value is -1.88. The second-order valence-corrected chi connectivity index (χ2v) is 4.53. The molecule has 0 aliphatic carbocycles. The minimum Gasteiger partial charge on any atom is -0.488 e. The summed E-state index contributed by atoms with van der Waals surface area (Å²) >= 11 is 0. The number of hydrogen-bond acceptors (Lipinski definition) is 5. The molecule has 1 aliphatic heterocycles. The first-order valence-electron chi connectivity index (χ1n) is 6.76. The second kappa shape index (κ2) is 7.05. The first kappa shape index (κ1) is 14.5. The van der Waals surface area contributed by atoms with Gasteiger partial charge < -0.3 is 14.2 Å². The molecule has 1 atom stereocenters. The Morgan fingerprint density at radius 3 is 2.95 bits per heavy atom. The summed E-state index contributed by atoms with van der Waals surface area (Å²) in [5.41, 5.74) is 0.276. The van der Waals surface area contributed by atoms with Crippen LogP contribution in [0.15, 0.2) is 24.3 Å². The molecule has 1 aliphatic rings. The van der Waals surface area contributed by atoms with Crippen molar-refractivity contribution in [2.24, 2.45) is 0 Å². The fourth-order valence-electron chi connectivity index (χ4n) is 2.02. The Labute approximate surface area is 117 Å². The maximum absolute atomic E-state index is 11.8. The van der Waals surface area contributed by atoms with Crippen LogP contribution >= 0.6 is 0 Å². The molecule has 0 N–H and O–H groups in total. The zero-order chi connectivity index (χ0) is 14.4. The smallest absolute Gasteiger partial charge is 0.379 e. The first-order valence-corrected chi connectivity index (χ1v) is 6.76. The fraction of sp³-hybridized carbons (Fsp3) is 0.467. The lowest BCUT2D eigenvalue weighted by Gasteiger charge is -2.23. The molecule has 5 nitrogen and oxygen atoms in total. The van der Waals surface area contributed by atoms with E-state index in [0.29, 0.717) is 12.4 Å². The lowest BCUT2D eigenvalue weighted by atomic mass is 10.1. The van der Waals surface area contributed by atoms with E-state index in [9.17, 15) is 9.59 Å². The zero-order valence-corrected chi connectivity index (χ0v) is 11.5. The van der Waals surface area contributed by atoms with Gasteiger partial charge in [0.25, 0.3) is 5.78 Å². The molecule has 20 heavy (non-hydrogen) atoms. The van der Waals surface area contributed by atoms with Crippen LogP contribution in [0.1, 0.15) is 30.1 Å². The molecule has 0 spiro atoms. The van der Waals surface area contributed by atoms with Crippen molar-refractivity contribution in [2.75, 3.05) is 19.8 Å². The minimum absolute atomic E-state index is 0.00306. The van der Waals surface area contributed by atoms with Crippen LogP contribution in [0.3, 0.4) is 0 Å². The van der Waals surface area contributed by atoms with Crippen LogP contribution in [0.4, 0.5) is 0 Å². The Morgan fingerprint density at radius 2 is 2.25 bits per heavy atom. The third kappa shape index (κ3) is 3.81. The van der Waals surface area contributed by atoms with Crippen LogP contribution < -0.4 is 4.74 Å². The van der Waals surface area contributed by atoms with Crippen LogP contribution in [0, 0.1) is 0 Å². The summed E-state index contributed by atoms with van der Waals surface area (Å²) < 4.78 is 15.8. The highest BCUT2D eigenvalue weighted by atomic mass is 16.5. The summed E-state index contributed by atoms with van der Waals surface area (Å²) in [5, 5.41) is 0. The number of ketones is 1. The molecule has 0 saturated carbocycles. The number of carbonyl (C=O) groups excluding carboxylic acids is 2. The van der Waals surface area contributed by atoms with Crippen LogP contribution in [0.2, 0.25) is 0 Å². The first-order chi connectivity index (χ1) is 9.70. The van der Waals surface area contributed by atoms with Gasteiger partial charge in [-0.2, -0.15) is 0 Å². The van der Waals surface area contributed by atoms with E-state index in [1.807, 2.05) is 0 Å². The van der Waals surface area contributed by atoms with E-state index < -0.39 is 11.8 Å². The Balaban J connectivity index is 2.03. The maximum Gasteiger partial charge on any atom is 0.379 e. The topological polar surface area (TPSA) is 61.8 Å². The summed E-state index contributed by atoms with van der Waals surface area (Å²) in [6.07, 6.45) is 1.89. The number of esters is 1. The Bertz CT molecular complexity index is 477. The highest BCUT2D eigenvalue weighted by Gasteiger charge is 2.19. The van der Waals surface area contributed by atoms with Gasteiger partial charge in [0.15, 0.2) is 0 Å². The SMILES string of the molecule is CCOC(=O)C(=O)c1cccc(OC2CCCOC2)c1. The molecule has 1 unspecified atom stereocenters. The van der Waals surface area contributed by atoms with Gasteiger partial charge in [-0.25, -0.2) is 4.79 Å². The normalized spacial score (nSPS) is 18.4. The molecule has 1 saturated heterocycles. The standard InChI is InChI=1S/C15H18O5/c1-2-19-15(17)14(16)11-5-3-6-12(9-11)20-13-7-4-8-18-10-13/h3,5-6,9,13H,2,4,7-8,10H2,1H3. The van der Waals surface area contributed by atoms with E-state index in [1.54, 1.807) is 31.2 Å². The van der Waals surface area contributed by atoms with E-state index in [0.717, 1.165) is 19.4 Å². The third-order valence-electron chi connectivity index (χ3n) is 2.98. The minimum atomic E-state index is -0.842. The Morgan fingerprint density at radius 1 is 1.40 bits per heavy atom. The number of hydrogen-bond donors (Lipinski definition) is 0. The molecule has 0 radical (unpaired) electrons. The lowest BCUT2D eigenvalue weighted by molar-refractivity contribution is -0.137. The molecule has 2 rings (SSSR count). The van der Waals surface area contributed by atoms with Gasteiger partial charge in [-0.1, -0.05) is 12.1 Å².